The molecular weight excluding hydrogens is 384 g/mol. The molecule has 0 aromatic carbocycles. The van der Waals surface area contributed by atoms with Crippen molar-refractivity contribution in [1.82, 2.24) is 0 Å². The predicted octanol–water partition coefficient (Wildman–Crippen LogP) is 4.96. The summed E-state index contributed by atoms with van der Waals surface area (Å²) >= 11 is 0. The smallest absolute Gasteiger partial charge is 0.305 e. The SMILES string of the molecule is CCCCCC(=O)CC[C@@H]1[C@@H](OC(C)=O)CC(=O)[C@@H]1CCCCCCC(=O)OCC. The topological polar surface area (TPSA) is 86.7 Å². The van der Waals surface area contributed by atoms with Crippen molar-refractivity contribution in [3.8, 4) is 0 Å². The van der Waals surface area contributed by atoms with Crippen molar-refractivity contribution in [1.29, 1.82) is 0 Å². The van der Waals surface area contributed by atoms with Gasteiger partial charge in [0.05, 0.1) is 6.61 Å². The third kappa shape index (κ3) is 10.4. The zero-order chi connectivity index (χ0) is 22.4. The average Bonchev–Trinajstić information content (AvgIpc) is 2.96. The van der Waals surface area contributed by atoms with Gasteiger partial charge in [0.2, 0.25) is 0 Å². The number of rotatable bonds is 16. The molecule has 0 N–H and O–H groups in total. The van der Waals surface area contributed by atoms with E-state index in [4.69, 9.17) is 9.47 Å². The number of carbonyl (C=O) groups excluding carboxylic acids is 4. The first-order valence-corrected chi connectivity index (χ1v) is 11.8. The third-order valence-electron chi connectivity index (χ3n) is 5.89. The van der Waals surface area contributed by atoms with Gasteiger partial charge in [0.15, 0.2) is 0 Å². The van der Waals surface area contributed by atoms with Crippen LogP contribution in [-0.2, 0) is 28.7 Å². The monoisotopic (exact) mass is 424 g/mol. The molecule has 30 heavy (non-hydrogen) atoms. The highest BCUT2D eigenvalue weighted by molar-refractivity contribution is 5.85. The molecule has 0 aromatic heterocycles. The van der Waals surface area contributed by atoms with E-state index in [0.717, 1.165) is 51.4 Å². The fraction of sp³-hybridized carbons (Fsp3) is 0.833. The van der Waals surface area contributed by atoms with E-state index in [2.05, 4.69) is 6.92 Å². The number of ether oxygens (including phenoxy) is 2. The van der Waals surface area contributed by atoms with Gasteiger partial charge < -0.3 is 9.47 Å². The van der Waals surface area contributed by atoms with Crippen LogP contribution in [-0.4, -0.2) is 36.2 Å². The van der Waals surface area contributed by atoms with E-state index in [9.17, 15) is 19.2 Å². The van der Waals surface area contributed by atoms with E-state index < -0.39 is 6.10 Å². The maximum atomic E-state index is 12.6. The van der Waals surface area contributed by atoms with Crippen molar-refractivity contribution in [2.45, 2.75) is 110 Å². The molecule has 0 aliphatic heterocycles. The quantitative estimate of drug-likeness (QED) is 0.257. The van der Waals surface area contributed by atoms with E-state index >= 15 is 0 Å². The first-order chi connectivity index (χ1) is 14.4. The van der Waals surface area contributed by atoms with Gasteiger partial charge in [-0.2, -0.15) is 0 Å². The van der Waals surface area contributed by atoms with Crippen LogP contribution in [0.25, 0.3) is 0 Å². The first kappa shape index (κ1) is 26.3. The average molecular weight is 425 g/mol. The maximum absolute atomic E-state index is 12.6. The molecule has 0 radical (unpaired) electrons. The van der Waals surface area contributed by atoms with Crippen LogP contribution in [0.4, 0.5) is 0 Å². The number of esters is 2. The van der Waals surface area contributed by atoms with Crippen LogP contribution >= 0.6 is 0 Å². The van der Waals surface area contributed by atoms with E-state index in [1.807, 2.05) is 0 Å². The van der Waals surface area contributed by atoms with Gasteiger partial charge in [0.25, 0.3) is 0 Å². The van der Waals surface area contributed by atoms with E-state index in [1.165, 1.54) is 6.92 Å². The Hall–Kier alpha value is -1.72. The highest BCUT2D eigenvalue weighted by atomic mass is 16.5. The van der Waals surface area contributed by atoms with Crippen LogP contribution in [0.15, 0.2) is 0 Å². The van der Waals surface area contributed by atoms with E-state index in [1.54, 1.807) is 6.92 Å². The van der Waals surface area contributed by atoms with Gasteiger partial charge in [-0.25, -0.2) is 0 Å². The standard InChI is InChI=1S/C24H40O6/c1-4-6-9-12-19(26)15-16-21-20(22(27)17-23(21)30-18(3)25)13-10-7-8-11-14-24(28)29-5-2/h20-21,23H,4-17H2,1-3H3/t20-,21+,23+/m1/s1. The van der Waals surface area contributed by atoms with Gasteiger partial charge in [-0.3, -0.25) is 19.2 Å². The van der Waals surface area contributed by atoms with Gasteiger partial charge in [0.1, 0.15) is 17.7 Å². The fourth-order valence-corrected chi connectivity index (χ4v) is 4.35. The summed E-state index contributed by atoms with van der Waals surface area (Å²) in [5, 5.41) is 0. The molecule has 0 saturated heterocycles. The molecule has 1 fully saturated rings. The lowest BCUT2D eigenvalue weighted by molar-refractivity contribution is -0.148. The van der Waals surface area contributed by atoms with Gasteiger partial charge in [-0.15, -0.1) is 0 Å². The van der Waals surface area contributed by atoms with Crippen LogP contribution in [0.1, 0.15) is 104 Å². The Bertz CT molecular complexity index is 556. The molecule has 6 heteroatoms. The number of hydrogen-bond donors (Lipinski definition) is 0. The molecular formula is C24H40O6. The Morgan fingerprint density at radius 1 is 0.900 bits per heavy atom. The molecule has 3 atom stereocenters. The number of unbranched alkanes of at least 4 members (excludes halogenated alkanes) is 5. The lowest BCUT2D eigenvalue weighted by Gasteiger charge is -2.23. The second-order valence-corrected chi connectivity index (χ2v) is 8.38. The zero-order valence-corrected chi connectivity index (χ0v) is 19.1. The second-order valence-electron chi connectivity index (χ2n) is 8.38. The molecule has 0 unspecified atom stereocenters. The predicted molar refractivity (Wildman–Crippen MR) is 115 cm³/mol. The summed E-state index contributed by atoms with van der Waals surface area (Å²) in [6.07, 6.45) is 9.35. The van der Waals surface area contributed by atoms with E-state index in [0.29, 0.717) is 32.3 Å². The Balaban J connectivity index is 2.48. The first-order valence-electron chi connectivity index (χ1n) is 11.8. The Morgan fingerprint density at radius 3 is 2.27 bits per heavy atom. The summed E-state index contributed by atoms with van der Waals surface area (Å²) in [4.78, 5) is 47.6. The third-order valence-corrected chi connectivity index (χ3v) is 5.89. The maximum Gasteiger partial charge on any atom is 0.305 e. The van der Waals surface area contributed by atoms with Gasteiger partial charge in [0, 0.05) is 44.4 Å². The number of carbonyl (C=O) groups is 4. The fourth-order valence-electron chi connectivity index (χ4n) is 4.35. The molecule has 6 nitrogen and oxygen atoms in total. The molecule has 0 heterocycles. The van der Waals surface area contributed by atoms with Crippen LogP contribution < -0.4 is 0 Å². The molecule has 1 rings (SSSR count). The van der Waals surface area contributed by atoms with Crippen LogP contribution in [0, 0.1) is 11.8 Å². The number of hydrogen-bond acceptors (Lipinski definition) is 6. The van der Waals surface area contributed by atoms with Crippen molar-refractivity contribution in [2.75, 3.05) is 6.61 Å². The highest BCUT2D eigenvalue weighted by Gasteiger charge is 2.43. The minimum Gasteiger partial charge on any atom is -0.466 e. The van der Waals surface area contributed by atoms with Crippen molar-refractivity contribution < 1.29 is 28.7 Å². The molecule has 0 bridgehead atoms. The summed E-state index contributed by atoms with van der Waals surface area (Å²) in [7, 11) is 0. The van der Waals surface area contributed by atoms with Crippen molar-refractivity contribution in [3.63, 3.8) is 0 Å². The van der Waals surface area contributed by atoms with Crippen LogP contribution in [0.5, 0.6) is 0 Å². The van der Waals surface area contributed by atoms with Gasteiger partial charge in [-0.1, -0.05) is 39.0 Å². The zero-order valence-electron chi connectivity index (χ0n) is 19.1. The summed E-state index contributed by atoms with van der Waals surface area (Å²) in [6, 6.07) is 0. The number of ketones is 2. The molecule has 0 spiro atoms. The van der Waals surface area contributed by atoms with Crippen LogP contribution in [0.3, 0.4) is 0 Å². The molecule has 1 saturated carbocycles. The molecule has 172 valence electrons. The Morgan fingerprint density at radius 2 is 1.60 bits per heavy atom. The lowest BCUT2D eigenvalue weighted by Crippen LogP contribution is -2.25. The van der Waals surface area contributed by atoms with E-state index in [-0.39, 0.29) is 41.8 Å². The normalized spacial score (nSPS) is 20.9. The van der Waals surface area contributed by atoms with Gasteiger partial charge >= 0.3 is 11.9 Å². The van der Waals surface area contributed by atoms with Crippen molar-refractivity contribution in [3.05, 3.63) is 0 Å². The molecule has 1 aliphatic rings. The molecule has 1 aliphatic carbocycles. The Kier molecular flexibility index (Phi) is 13.3. The van der Waals surface area contributed by atoms with Crippen molar-refractivity contribution >= 4 is 23.5 Å². The largest absolute Gasteiger partial charge is 0.466 e. The molecule has 0 aromatic rings. The summed E-state index contributed by atoms with van der Waals surface area (Å²) in [6.45, 7) is 5.69. The van der Waals surface area contributed by atoms with Crippen molar-refractivity contribution in [2.24, 2.45) is 11.8 Å². The number of Topliss-reactive ketones (excluding diaryl/α,β-unsaturated/α-hetero) is 2. The van der Waals surface area contributed by atoms with Crippen LogP contribution in [0.2, 0.25) is 0 Å². The van der Waals surface area contributed by atoms with Gasteiger partial charge in [-0.05, 0) is 32.6 Å². The summed E-state index contributed by atoms with van der Waals surface area (Å²) < 4.78 is 10.4. The Labute approximate surface area is 181 Å². The highest BCUT2D eigenvalue weighted by Crippen LogP contribution is 2.38. The summed E-state index contributed by atoms with van der Waals surface area (Å²) in [5.74, 6) is -0.333. The minimum atomic E-state index is -0.396. The summed E-state index contributed by atoms with van der Waals surface area (Å²) in [5.41, 5.74) is 0. The lowest BCUT2D eigenvalue weighted by atomic mass is 9.85. The minimum absolute atomic E-state index is 0.0592. The molecule has 0 amide bonds. The second kappa shape index (κ2) is 15.1.